The zero-order chi connectivity index (χ0) is 44.1. The highest BCUT2D eigenvalue weighted by molar-refractivity contribution is 5.47. The van der Waals surface area contributed by atoms with E-state index in [4.69, 9.17) is 15.3 Å². The lowest BCUT2D eigenvalue weighted by Gasteiger charge is -2.30. The van der Waals surface area contributed by atoms with Crippen molar-refractivity contribution in [3.63, 3.8) is 0 Å². The number of benzene rings is 2. The second kappa shape index (κ2) is 41.0. The van der Waals surface area contributed by atoms with Crippen LogP contribution in [0.2, 0.25) is 0 Å². The third-order valence-corrected chi connectivity index (χ3v) is 8.85. The fraction of sp³-hybridized carbons (Fsp3) is 0.745. The number of aliphatic hydroxyl groups excluding tert-OH is 7. The van der Waals surface area contributed by atoms with E-state index in [1.165, 1.54) is 36.2 Å². The van der Waals surface area contributed by atoms with Gasteiger partial charge < -0.3 is 50.4 Å². The first-order chi connectivity index (χ1) is 27.7. The summed E-state index contributed by atoms with van der Waals surface area (Å²) in [6, 6.07) is 18.6. The van der Waals surface area contributed by atoms with Crippen LogP contribution < -0.4 is 9.80 Å². The van der Waals surface area contributed by atoms with E-state index in [-0.39, 0.29) is 20.6 Å². The topological polar surface area (TPSA) is 158 Å². The van der Waals surface area contributed by atoms with Gasteiger partial charge in [0, 0.05) is 83.4 Å². The first kappa shape index (κ1) is 60.9. The summed E-state index contributed by atoms with van der Waals surface area (Å²) in [4.78, 5) is 10.7. The molecule has 0 aliphatic carbocycles. The Balaban J connectivity index is -0.000000722. The number of anilines is 2. The molecule has 0 aliphatic rings. The van der Waals surface area contributed by atoms with Crippen LogP contribution in [0.1, 0.15) is 100 Å². The van der Waals surface area contributed by atoms with Crippen LogP contribution in [0.3, 0.4) is 0 Å². The molecule has 12 heteroatoms. The minimum Gasteiger partial charge on any atom is -0.395 e. The lowest BCUT2D eigenvalue weighted by Crippen LogP contribution is -2.44. The van der Waals surface area contributed by atoms with Crippen LogP contribution >= 0.6 is 0 Å². The van der Waals surface area contributed by atoms with Crippen LogP contribution in [-0.2, 0) is 0 Å². The molecule has 2 rings (SSSR count). The zero-order valence-electron chi connectivity index (χ0n) is 38.2. The van der Waals surface area contributed by atoms with Crippen molar-refractivity contribution in [2.24, 2.45) is 0 Å². The highest BCUT2D eigenvalue weighted by Gasteiger charge is 2.16. The van der Waals surface area contributed by atoms with Crippen molar-refractivity contribution < 1.29 is 35.7 Å². The maximum absolute atomic E-state index is 9.47. The summed E-state index contributed by atoms with van der Waals surface area (Å²) in [6.07, 6.45) is 4.09. The molecule has 12 nitrogen and oxygen atoms in total. The number of hydrogen-bond acceptors (Lipinski definition) is 12. The van der Waals surface area contributed by atoms with Gasteiger partial charge in [0.05, 0.1) is 44.2 Å². The number of rotatable bonds is 28. The molecule has 0 spiro atoms. The van der Waals surface area contributed by atoms with Gasteiger partial charge in [-0.1, -0.05) is 77.4 Å². The van der Waals surface area contributed by atoms with E-state index in [0.29, 0.717) is 45.9 Å². The standard InChI is InChI=1S/C14H32N2O4.C12H19NO.C11H17NO.C9H21NO.CH4/c1-11(17)7-15(8-12(2)18)5-6-16(9-13(3)19)10-14(4)20;1-3-8-13(9-10-14)12-6-4-11(2)5-7-12;1-2-8-12(9-10-13)11-6-4-3-5-7-11;1-3-5-7-10(6-4-2)8-9-11;/h11-14,17-20H,5-10H2,1-4H3;4-7,14H,3,8-10H2,1-2H3;3-7,13H,2,8-10H2,1H3;11H,3-9H2,1-2H3;1H4. The number of hydrogen-bond donors (Lipinski definition) is 7. The van der Waals surface area contributed by atoms with Gasteiger partial charge in [-0.15, -0.1) is 0 Å². The van der Waals surface area contributed by atoms with Gasteiger partial charge in [-0.05, 0) is 97.7 Å². The highest BCUT2D eigenvalue weighted by Crippen LogP contribution is 2.15. The molecule has 2 aromatic carbocycles. The third kappa shape index (κ3) is 36.0. The Hall–Kier alpha value is -2.36. The summed E-state index contributed by atoms with van der Waals surface area (Å²) < 4.78 is 0. The summed E-state index contributed by atoms with van der Waals surface area (Å²) in [7, 11) is 0. The average molecular weight is 840 g/mol. The molecule has 0 amide bonds. The van der Waals surface area contributed by atoms with E-state index < -0.39 is 24.4 Å². The van der Waals surface area contributed by atoms with Crippen LogP contribution in [0.4, 0.5) is 11.4 Å². The van der Waals surface area contributed by atoms with E-state index in [2.05, 4.69) is 85.7 Å². The molecule has 4 unspecified atom stereocenters. The van der Waals surface area contributed by atoms with Crippen molar-refractivity contribution in [2.45, 2.75) is 126 Å². The predicted molar refractivity (Wildman–Crippen MR) is 252 cm³/mol. The van der Waals surface area contributed by atoms with Gasteiger partial charge in [-0.2, -0.15) is 0 Å². The van der Waals surface area contributed by atoms with Gasteiger partial charge in [-0.3, -0.25) is 9.80 Å². The van der Waals surface area contributed by atoms with Gasteiger partial charge in [0.25, 0.3) is 0 Å². The Bertz CT molecular complexity index is 1070. The summed E-state index contributed by atoms with van der Waals surface area (Å²) in [5.41, 5.74) is 3.67. The molecule has 348 valence electrons. The maximum atomic E-state index is 9.47. The van der Waals surface area contributed by atoms with Crippen LogP contribution in [0.25, 0.3) is 0 Å². The molecule has 0 fully saturated rings. The lowest BCUT2D eigenvalue weighted by atomic mass is 10.2. The third-order valence-electron chi connectivity index (χ3n) is 8.85. The lowest BCUT2D eigenvalue weighted by molar-refractivity contribution is 0.0542. The maximum Gasteiger partial charge on any atom is 0.0639 e. The molecule has 0 aromatic heterocycles. The first-order valence-electron chi connectivity index (χ1n) is 22.0. The highest BCUT2D eigenvalue weighted by atomic mass is 16.3. The molecular formula is C47H93N5O7. The molecule has 0 bridgehead atoms. The van der Waals surface area contributed by atoms with E-state index in [1.54, 1.807) is 27.7 Å². The Labute approximate surface area is 362 Å². The summed E-state index contributed by atoms with van der Waals surface area (Å²) in [5, 5.41) is 64.4. The van der Waals surface area contributed by atoms with Crippen LogP contribution in [-0.4, -0.2) is 180 Å². The van der Waals surface area contributed by atoms with Crippen molar-refractivity contribution >= 4 is 11.4 Å². The molecule has 7 N–H and O–H groups in total. The Morgan fingerprint density at radius 1 is 0.424 bits per heavy atom. The van der Waals surface area contributed by atoms with Crippen molar-refractivity contribution in [3.05, 3.63) is 60.2 Å². The molecule has 0 saturated heterocycles. The van der Waals surface area contributed by atoms with Crippen LogP contribution in [0, 0.1) is 6.92 Å². The van der Waals surface area contributed by atoms with Gasteiger partial charge in [0.1, 0.15) is 0 Å². The molecule has 0 radical (unpaired) electrons. The molecule has 0 saturated carbocycles. The quantitative estimate of drug-likeness (QED) is 0.0592. The van der Waals surface area contributed by atoms with Gasteiger partial charge >= 0.3 is 0 Å². The van der Waals surface area contributed by atoms with Crippen LogP contribution in [0.5, 0.6) is 0 Å². The second-order valence-electron chi connectivity index (χ2n) is 15.4. The van der Waals surface area contributed by atoms with E-state index in [1.807, 2.05) is 28.0 Å². The summed E-state index contributed by atoms with van der Waals surface area (Å²) >= 11 is 0. The second-order valence-corrected chi connectivity index (χ2v) is 15.4. The number of unbranched alkanes of at least 4 members (excludes halogenated alkanes) is 1. The monoisotopic (exact) mass is 840 g/mol. The largest absolute Gasteiger partial charge is 0.395 e. The van der Waals surface area contributed by atoms with Gasteiger partial charge in [0.15, 0.2) is 0 Å². The molecular weight excluding hydrogens is 747 g/mol. The first-order valence-corrected chi connectivity index (χ1v) is 22.0. The molecule has 0 aliphatic heterocycles. The molecule has 59 heavy (non-hydrogen) atoms. The number of aryl methyl sites for hydroxylation is 1. The minimum atomic E-state index is -0.448. The Kier molecular flexibility index (Phi) is 42.4. The number of para-hydroxylation sites is 1. The van der Waals surface area contributed by atoms with Crippen molar-refractivity contribution in [1.82, 2.24) is 14.7 Å². The van der Waals surface area contributed by atoms with Crippen molar-refractivity contribution in [3.8, 4) is 0 Å². The molecule has 0 heterocycles. The minimum absolute atomic E-state index is 0. The fourth-order valence-corrected chi connectivity index (χ4v) is 6.38. The van der Waals surface area contributed by atoms with E-state index >= 15 is 0 Å². The van der Waals surface area contributed by atoms with E-state index in [0.717, 1.165) is 58.7 Å². The van der Waals surface area contributed by atoms with Gasteiger partial charge in [-0.25, -0.2) is 0 Å². The van der Waals surface area contributed by atoms with Gasteiger partial charge in [0.2, 0.25) is 0 Å². The smallest absolute Gasteiger partial charge is 0.0639 e. The van der Waals surface area contributed by atoms with E-state index in [9.17, 15) is 20.4 Å². The SMILES string of the molecule is C.CC(O)CN(CCN(CC(C)O)CC(C)O)CC(C)O.CCCCN(CCC)CCO.CCCN(CCO)c1ccc(C)cc1.CCCN(CCO)c1ccccc1. The summed E-state index contributed by atoms with van der Waals surface area (Å²) in [6.45, 7) is 28.3. The average Bonchev–Trinajstić information content (AvgIpc) is 3.16. The fourth-order valence-electron chi connectivity index (χ4n) is 6.38. The van der Waals surface area contributed by atoms with Crippen molar-refractivity contribution in [1.29, 1.82) is 0 Å². The normalized spacial score (nSPS) is 12.9. The van der Waals surface area contributed by atoms with Crippen molar-refractivity contribution in [2.75, 3.05) is 115 Å². The van der Waals surface area contributed by atoms with Crippen LogP contribution in [0.15, 0.2) is 54.6 Å². The summed E-state index contributed by atoms with van der Waals surface area (Å²) in [5.74, 6) is 0. The predicted octanol–water partition coefficient (Wildman–Crippen LogP) is 5.34. The number of nitrogens with zero attached hydrogens (tertiary/aromatic N) is 5. The molecule has 4 atom stereocenters. The molecule has 2 aromatic rings. The Morgan fingerprint density at radius 3 is 1.12 bits per heavy atom. The number of aliphatic hydroxyl groups is 7. The zero-order valence-corrected chi connectivity index (χ0v) is 38.2. The Morgan fingerprint density at radius 2 is 0.797 bits per heavy atom.